The van der Waals surface area contributed by atoms with Gasteiger partial charge in [-0.1, -0.05) is 65.5 Å². The molecule has 8 atom stereocenters. The molecule has 0 spiro atoms. The van der Waals surface area contributed by atoms with Crippen LogP contribution in [-0.4, -0.2) is 17.3 Å². The molecule has 1 aromatic carbocycles. The first-order valence-electron chi connectivity index (χ1n) is 15.7. The van der Waals surface area contributed by atoms with Crippen LogP contribution in [0.25, 0.3) is 0 Å². The summed E-state index contributed by atoms with van der Waals surface area (Å²) in [6, 6.07) is 5.94. The first-order valence-corrected chi connectivity index (χ1v) is 15.7. The summed E-state index contributed by atoms with van der Waals surface area (Å²) in [5.41, 5.74) is 2.76. The van der Waals surface area contributed by atoms with E-state index < -0.39 is 0 Å². The number of anilines is 1. The molecule has 0 bridgehead atoms. The van der Waals surface area contributed by atoms with Crippen molar-refractivity contribution in [3.05, 3.63) is 46.7 Å². The second-order valence-corrected chi connectivity index (χ2v) is 14.4. The van der Waals surface area contributed by atoms with Crippen molar-refractivity contribution in [3.63, 3.8) is 0 Å². The summed E-state index contributed by atoms with van der Waals surface area (Å²) in [7, 11) is 0. The smallest absolute Gasteiger partial charge is 0.338 e. The van der Waals surface area contributed by atoms with E-state index in [9.17, 15) is 10.0 Å². The van der Waals surface area contributed by atoms with Crippen LogP contribution in [0.5, 0.6) is 0 Å². The Hall–Kier alpha value is -1.85. The van der Waals surface area contributed by atoms with Gasteiger partial charge in [0.05, 0.1) is 11.3 Å². The Labute approximate surface area is 235 Å². The number of rotatable bonds is 8. The van der Waals surface area contributed by atoms with Gasteiger partial charge in [-0.05, 0) is 116 Å². The molecular formula is C34H50NO4-. The number of ether oxygens (including phenoxy) is 1. The number of benzene rings is 1. The van der Waals surface area contributed by atoms with Gasteiger partial charge in [0.15, 0.2) is 0 Å². The molecule has 3 saturated carbocycles. The number of nitrogens with zero attached hydrogens (tertiary/aromatic N) is 1. The normalized spacial score (nSPS) is 36.4. The van der Waals surface area contributed by atoms with Gasteiger partial charge in [0, 0.05) is 6.42 Å². The van der Waals surface area contributed by atoms with Gasteiger partial charge in [-0.25, -0.2) is 4.79 Å². The highest BCUT2D eigenvalue weighted by Crippen LogP contribution is 2.67. The highest BCUT2D eigenvalue weighted by atomic mass is 16.8. The largest absolute Gasteiger partial charge is 0.733 e. The highest BCUT2D eigenvalue weighted by molar-refractivity contribution is 5.90. The molecule has 5 rings (SSSR count). The van der Waals surface area contributed by atoms with Gasteiger partial charge in [0.1, 0.15) is 6.10 Å². The molecule has 0 saturated heterocycles. The van der Waals surface area contributed by atoms with E-state index >= 15 is 0 Å². The van der Waals surface area contributed by atoms with Crippen LogP contribution in [0.4, 0.5) is 5.69 Å². The van der Waals surface area contributed by atoms with Crippen molar-refractivity contribution in [2.75, 3.05) is 5.23 Å². The summed E-state index contributed by atoms with van der Waals surface area (Å²) in [5, 5.41) is 19.9. The van der Waals surface area contributed by atoms with E-state index in [2.05, 4.69) is 40.7 Å². The average molecular weight is 537 g/mol. The fourth-order valence-corrected chi connectivity index (χ4v) is 9.70. The Morgan fingerprint density at radius 3 is 2.49 bits per heavy atom. The minimum absolute atomic E-state index is 0.0969. The van der Waals surface area contributed by atoms with Crippen molar-refractivity contribution >= 4 is 11.7 Å². The Morgan fingerprint density at radius 1 is 1.05 bits per heavy atom. The van der Waals surface area contributed by atoms with Crippen molar-refractivity contribution in [2.24, 2.45) is 46.3 Å². The Kier molecular flexibility index (Phi) is 8.23. The first kappa shape index (κ1) is 28.7. The van der Waals surface area contributed by atoms with E-state index in [1.807, 2.05) is 0 Å². The van der Waals surface area contributed by atoms with Gasteiger partial charge in [-0.2, -0.15) is 0 Å². The van der Waals surface area contributed by atoms with Crippen molar-refractivity contribution in [3.8, 4) is 0 Å². The van der Waals surface area contributed by atoms with Gasteiger partial charge in [-0.15, -0.1) is 0 Å². The zero-order valence-corrected chi connectivity index (χ0v) is 24.8. The average Bonchev–Trinajstić information content (AvgIpc) is 3.26. The quantitative estimate of drug-likeness (QED) is 0.204. The van der Waals surface area contributed by atoms with Crippen LogP contribution in [0.3, 0.4) is 0 Å². The number of hydrogen-bond acceptors (Lipinski definition) is 5. The summed E-state index contributed by atoms with van der Waals surface area (Å²) in [6.07, 6.45) is 16.2. The fraction of sp³-hybridized carbons (Fsp3) is 0.735. The molecule has 1 N–H and O–H groups in total. The first-order chi connectivity index (χ1) is 18.5. The lowest BCUT2D eigenvalue weighted by molar-refractivity contribution is -0.0594. The van der Waals surface area contributed by atoms with Crippen LogP contribution < -0.4 is 5.23 Å². The van der Waals surface area contributed by atoms with E-state index in [0.717, 1.165) is 54.8 Å². The van der Waals surface area contributed by atoms with E-state index in [-0.39, 0.29) is 28.4 Å². The minimum atomic E-state index is -0.354. The van der Waals surface area contributed by atoms with Gasteiger partial charge in [0.2, 0.25) is 0 Å². The lowest BCUT2D eigenvalue weighted by atomic mass is 9.47. The van der Waals surface area contributed by atoms with E-state index in [1.54, 1.807) is 0 Å². The van der Waals surface area contributed by atoms with Gasteiger partial charge < -0.3 is 15.2 Å². The highest BCUT2D eigenvalue weighted by Gasteiger charge is 2.59. The summed E-state index contributed by atoms with van der Waals surface area (Å²) in [6.45, 7) is 12.4. The lowest BCUT2D eigenvalue weighted by Gasteiger charge is -2.58. The van der Waals surface area contributed by atoms with E-state index in [1.165, 1.54) is 81.2 Å². The van der Waals surface area contributed by atoms with Gasteiger partial charge in [-0.3, -0.25) is 5.21 Å². The molecular weight excluding hydrogens is 486 g/mol. The second kappa shape index (κ2) is 11.2. The number of allylic oxidation sites excluding steroid dienone is 1. The molecule has 4 aliphatic carbocycles. The molecule has 1 aromatic rings. The van der Waals surface area contributed by atoms with Crippen molar-refractivity contribution in [1.82, 2.24) is 0 Å². The maximum atomic E-state index is 12.8. The van der Waals surface area contributed by atoms with Crippen LogP contribution in [0.1, 0.15) is 116 Å². The van der Waals surface area contributed by atoms with Crippen molar-refractivity contribution < 1.29 is 14.7 Å². The number of fused-ring (bicyclic) bond motifs is 5. The van der Waals surface area contributed by atoms with Crippen molar-refractivity contribution in [2.45, 2.75) is 111 Å². The molecule has 0 amide bonds. The minimum Gasteiger partial charge on any atom is -0.733 e. The summed E-state index contributed by atoms with van der Waals surface area (Å²) in [5.74, 6) is 4.58. The lowest BCUT2D eigenvalue weighted by Crippen LogP contribution is -2.51. The molecule has 5 heteroatoms. The van der Waals surface area contributed by atoms with Crippen LogP contribution in [0, 0.1) is 51.5 Å². The molecule has 3 fully saturated rings. The summed E-state index contributed by atoms with van der Waals surface area (Å²) < 4.78 is 5.95. The molecule has 0 unspecified atom stereocenters. The van der Waals surface area contributed by atoms with Gasteiger partial charge in [0.25, 0.3) is 0 Å². The molecule has 0 aliphatic heterocycles. The summed E-state index contributed by atoms with van der Waals surface area (Å²) in [4.78, 5) is 12.8. The van der Waals surface area contributed by atoms with E-state index in [0.29, 0.717) is 11.0 Å². The molecule has 4 aliphatic rings. The number of carbonyl (C=O) groups is 1. The number of esters is 1. The van der Waals surface area contributed by atoms with Crippen LogP contribution >= 0.6 is 0 Å². The molecule has 0 radical (unpaired) electrons. The fourth-order valence-electron chi connectivity index (χ4n) is 9.70. The zero-order valence-electron chi connectivity index (χ0n) is 24.8. The van der Waals surface area contributed by atoms with Crippen molar-refractivity contribution in [1.29, 1.82) is 0 Å². The Morgan fingerprint density at radius 2 is 1.79 bits per heavy atom. The zero-order chi connectivity index (χ0) is 27.9. The van der Waals surface area contributed by atoms with Crippen LogP contribution in [0.2, 0.25) is 0 Å². The van der Waals surface area contributed by atoms with Crippen LogP contribution in [-0.2, 0) is 4.74 Å². The molecule has 216 valence electrons. The third-order valence-electron chi connectivity index (χ3n) is 11.9. The predicted molar refractivity (Wildman–Crippen MR) is 156 cm³/mol. The third kappa shape index (κ3) is 5.43. The second-order valence-electron chi connectivity index (χ2n) is 14.4. The topological polar surface area (TPSA) is 72.8 Å². The standard InChI is InChI=1S/C34H50NO4/c1-22(2)7-6-8-23(3)29-15-16-30-28-14-11-25-21-27(17-19-33(25,4)31(28)18-20-34(29,30)5)39-32(36)24-9-12-26(13-10-24)35(37)38/h9-13,22-23,27-31,37H,6-8,14-21H2,1-5H3/q-1/t23-,27+,28+,29+,30-,31-,33+,34-/m1/s1. The Balaban J connectivity index is 1.23. The molecule has 5 nitrogen and oxygen atoms in total. The number of hydrogen-bond donors (Lipinski definition) is 1. The third-order valence-corrected chi connectivity index (χ3v) is 11.9. The number of carbonyl (C=O) groups excluding carboxylic acids is 1. The molecule has 39 heavy (non-hydrogen) atoms. The molecule has 0 aromatic heterocycles. The van der Waals surface area contributed by atoms with Crippen LogP contribution in [0.15, 0.2) is 35.9 Å². The SMILES string of the molecule is CC(C)CCC[C@@H](C)[C@@H]1CC[C@@H]2[C@@H]3CC=C4C[C@@H](OC(=O)c5ccc(N([O-])O)cc5)CC[C@]4(C)[C@@H]3CC[C@@]21C. The maximum Gasteiger partial charge on any atom is 0.338 e. The molecule has 0 heterocycles. The Bertz CT molecular complexity index is 1050. The monoisotopic (exact) mass is 536 g/mol. The summed E-state index contributed by atoms with van der Waals surface area (Å²) >= 11 is 0. The van der Waals surface area contributed by atoms with Gasteiger partial charge >= 0.3 is 5.97 Å². The van der Waals surface area contributed by atoms with E-state index in [4.69, 9.17) is 9.94 Å². The predicted octanol–water partition coefficient (Wildman–Crippen LogP) is 8.95. The maximum absolute atomic E-state index is 12.8.